The Labute approximate surface area is 135 Å². The molecule has 2 aromatic rings. The normalized spacial score (nSPS) is 10.2. The standard InChI is InChI=1S/C17H20N2O4/c1-22-15-9-8-14(16(18-15)23-2)17(21)19(10-11-20)12-13-6-4-3-5-7-13/h3-9,20H,10-12H2,1-2H3. The highest BCUT2D eigenvalue weighted by Gasteiger charge is 2.21. The van der Waals surface area contributed by atoms with Gasteiger partial charge in [-0.3, -0.25) is 4.79 Å². The van der Waals surface area contributed by atoms with E-state index < -0.39 is 0 Å². The molecule has 0 aliphatic rings. The molecule has 0 saturated carbocycles. The molecule has 0 unspecified atom stereocenters. The second-order valence-electron chi connectivity index (χ2n) is 4.85. The van der Waals surface area contributed by atoms with E-state index >= 15 is 0 Å². The van der Waals surface area contributed by atoms with E-state index in [4.69, 9.17) is 9.47 Å². The summed E-state index contributed by atoms with van der Waals surface area (Å²) in [6.45, 7) is 0.503. The van der Waals surface area contributed by atoms with Crippen LogP contribution in [0.1, 0.15) is 15.9 Å². The van der Waals surface area contributed by atoms with Crippen molar-refractivity contribution < 1.29 is 19.4 Å². The molecular weight excluding hydrogens is 296 g/mol. The number of aromatic nitrogens is 1. The van der Waals surface area contributed by atoms with Gasteiger partial charge in [-0.05, 0) is 11.6 Å². The van der Waals surface area contributed by atoms with E-state index in [0.717, 1.165) is 5.56 Å². The Morgan fingerprint density at radius 3 is 2.48 bits per heavy atom. The summed E-state index contributed by atoms with van der Waals surface area (Å²) in [6.07, 6.45) is 0. The van der Waals surface area contributed by atoms with Gasteiger partial charge in [0.05, 0.1) is 20.8 Å². The van der Waals surface area contributed by atoms with Crippen LogP contribution in [0.4, 0.5) is 0 Å². The average Bonchev–Trinajstić information content (AvgIpc) is 2.61. The Balaban J connectivity index is 2.27. The average molecular weight is 316 g/mol. The first-order chi connectivity index (χ1) is 11.2. The van der Waals surface area contributed by atoms with Crippen molar-refractivity contribution in [2.45, 2.75) is 6.54 Å². The minimum atomic E-state index is -0.255. The largest absolute Gasteiger partial charge is 0.481 e. The molecular formula is C17H20N2O4. The molecule has 2 rings (SSSR count). The summed E-state index contributed by atoms with van der Waals surface area (Å²) in [5.41, 5.74) is 1.31. The maximum absolute atomic E-state index is 12.8. The number of pyridine rings is 1. The fourth-order valence-electron chi connectivity index (χ4n) is 2.20. The molecule has 0 aliphatic heterocycles. The van der Waals surface area contributed by atoms with Crippen molar-refractivity contribution in [1.29, 1.82) is 0 Å². The van der Waals surface area contributed by atoms with Gasteiger partial charge in [0.25, 0.3) is 5.91 Å². The molecule has 122 valence electrons. The van der Waals surface area contributed by atoms with Crippen molar-refractivity contribution in [3.05, 3.63) is 53.6 Å². The Bertz CT molecular complexity index is 646. The number of amides is 1. The van der Waals surface area contributed by atoms with Crippen molar-refractivity contribution in [1.82, 2.24) is 9.88 Å². The van der Waals surface area contributed by atoms with Crippen molar-refractivity contribution in [3.8, 4) is 11.8 Å². The number of hydrogen-bond donors (Lipinski definition) is 1. The maximum Gasteiger partial charge on any atom is 0.259 e. The summed E-state index contributed by atoms with van der Waals surface area (Å²) in [6, 6.07) is 12.8. The highest BCUT2D eigenvalue weighted by atomic mass is 16.5. The fraction of sp³-hybridized carbons (Fsp3) is 0.294. The number of carbonyl (C=O) groups is 1. The monoisotopic (exact) mass is 316 g/mol. The molecule has 6 nitrogen and oxygen atoms in total. The van der Waals surface area contributed by atoms with Crippen LogP contribution in [0.15, 0.2) is 42.5 Å². The Kier molecular flexibility index (Phi) is 5.94. The summed E-state index contributed by atoms with van der Waals surface area (Å²) >= 11 is 0. The van der Waals surface area contributed by atoms with Gasteiger partial charge in [0.15, 0.2) is 0 Å². The summed E-state index contributed by atoms with van der Waals surface area (Å²) < 4.78 is 10.2. The van der Waals surface area contributed by atoms with Gasteiger partial charge in [0.2, 0.25) is 11.8 Å². The van der Waals surface area contributed by atoms with Gasteiger partial charge in [-0.2, -0.15) is 4.98 Å². The van der Waals surface area contributed by atoms with Crippen molar-refractivity contribution in [2.24, 2.45) is 0 Å². The number of rotatable bonds is 7. The van der Waals surface area contributed by atoms with Crippen LogP contribution >= 0.6 is 0 Å². The predicted octanol–water partition coefficient (Wildman–Crippen LogP) is 1.73. The zero-order chi connectivity index (χ0) is 16.7. The van der Waals surface area contributed by atoms with Gasteiger partial charge in [0.1, 0.15) is 5.56 Å². The SMILES string of the molecule is COc1ccc(C(=O)N(CCO)Cc2ccccc2)c(OC)n1. The maximum atomic E-state index is 12.8. The van der Waals surface area contributed by atoms with Crippen LogP contribution in [0.25, 0.3) is 0 Å². The van der Waals surface area contributed by atoms with Crippen LogP contribution in [0, 0.1) is 0 Å². The lowest BCUT2D eigenvalue weighted by Crippen LogP contribution is -2.33. The molecule has 0 saturated heterocycles. The van der Waals surface area contributed by atoms with Gasteiger partial charge in [-0.1, -0.05) is 30.3 Å². The molecule has 0 radical (unpaired) electrons. The number of methoxy groups -OCH3 is 2. The Hall–Kier alpha value is -2.60. The molecule has 1 aromatic heterocycles. The van der Waals surface area contributed by atoms with E-state index in [1.165, 1.54) is 14.2 Å². The Morgan fingerprint density at radius 2 is 1.87 bits per heavy atom. The number of aliphatic hydroxyl groups is 1. The van der Waals surface area contributed by atoms with E-state index in [2.05, 4.69) is 4.98 Å². The lowest BCUT2D eigenvalue weighted by atomic mass is 10.2. The third-order valence-corrected chi connectivity index (χ3v) is 3.34. The van der Waals surface area contributed by atoms with E-state index in [-0.39, 0.29) is 24.9 Å². The van der Waals surface area contributed by atoms with Gasteiger partial charge in [0, 0.05) is 19.2 Å². The first kappa shape index (κ1) is 16.8. The van der Waals surface area contributed by atoms with Gasteiger partial charge < -0.3 is 19.5 Å². The van der Waals surface area contributed by atoms with E-state index in [0.29, 0.717) is 18.0 Å². The fourth-order valence-corrected chi connectivity index (χ4v) is 2.20. The highest BCUT2D eigenvalue weighted by Crippen LogP contribution is 2.22. The minimum absolute atomic E-state index is 0.121. The minimum Gasteiger partial charge on any atom is -0.481 e. The zero-order valence-corrected chi connectivity index (χ0v) is 13.2. The molecule has 1 aromatic carbocycles. The van der Waals surface area contributed by atoms with E-state index in [1.54, 1.807) is 17.0 Å². The highest BCUT2D eigenvalue weighted by molar-refractivity contribution is 5.96. The summed E-state index contributed by atoms with van der Waals surface area (Å²) in [4.78, 5) is 18.5. The molecule has 0 fully saturated rings. The molecule has 1 amide bonds. The third-order valence-electron chi connectivity index (χ3n) is 3.34. The van der Waals surface area contributed by atoms with Crippen molar-refractivity contribution in [2.75, 3.05) is 27.4 Å². The summed E-state index contributed by atoms with van der Waals surface area (Å²) in [5, 5.41) is 9.26. The smallest absolute Gasteiger partial charge is 0.259 e. The van der Waals surface area contributed by atoms with Crippen LogP contribution in [-0.4, -0.2) is 48.3 Å². The number of hydrogen-bond acceptors (Lipinski definition) is 5. The number of nitrogens with zero attached hydrogens (tertiary/aromatic N) is 2. The van der Waals surface area contributed by atoms with Crippen molar-refractivity contribution >= 4 is 5.91 Å². The van der Waals surface area contributed by atoms with Crippen LogP contribution in [0.3, 0.4) is 0 Å². The molecule has 6 heteroatoms. The molecule has 1 N–H and O–H groups in total. The number of benzene rings is 1. The van der Waals surface area contributed by atoms with E-state index in [9.17, 15) is 9.90 Å². The van der Waals surface area contributed by atoms with Crippen LogP contribution in [-0.2, 0) is 6.54 Å². The first-order valence-corrected chi connectivity index (χ1v) is 7.22. The van der Waals surface area contributed by atoms with Gasteiger partial charge in [-0.25, -0.2) is 0 Å². The topological polar surface area (TPSA) is 71.9 Å². The van der Waals surface area contributed by atoms with Crippen LogP contribution in [0.5, 0.6) is 11.8 Å². The van der Waals surface area contributed by atoms with Crippen LogP contribution < -0.4 is 9.47 Å². The number of aliphatic hydroxyl groups excluding tert-OH is 1. The molecule has 1 heterocycles. The lowest BCUT2D eigenvalue weighted by molar-refractivity contribution is 0.0703. The lowest BCUT2D eigenvalue weighted by Gasteiger charge is -2.22. The van der Waals surface area contributed by atoms with Crippen molar-refractivity contribution in [3.63, 3.8) is 0 Å². The number of ether oxygens (including phenoxy) is 2. The first-order valence-electron chi connectivity index (χ1n) is 7.22. The summed E-state index contributed by atoms with van der Waals surface area (Å²) in [5.74, 6) is 0.315. The molecule has 0 atom stereocenters. The van der Waals surface area contributed by atoms with Gasteiger partial charge in [-0.15, -0.1) is 0 Å². The second-order valence-corrected chi connectivity index (χ2v) is 4.85. The van der Waals surface area contributed by atoms with E-state index in [1.807, 2.05) is 30.3 Å². The molecule has 23 heavy (non-hydrogen) atoms. The molecule has 0 spiro atoms. The predicted molar refractivity (Wildman–Crippen MR) is 85.6 cm³/mol. The zero-order valence-electron chi connectivity index (χ0n) is 13.2. The summed E-state index contributed by atoms with van der Waals surface area (Å²) in [7, 11) is 2.95. The number of carbonyl (C=O) groups excluding carboxylic acids is 1. The molecule has 0 bridgehead atoms. The Morgan fingerprint density at radius 1 is 1.13 bits per heavy atom. The second kappa shape index (κ2) is 8.14. The van der Waals surface area contributed by atoms with Gasteiger partial charge >= 0.3 is 0 Å². The quantitative estimate of drug-likeness (QED) is 0.842. The molecule has 0 aliphatic carbocycles. The third kappa shape index (κ3) is 4.20. The van der Waals surface area contributed by atoms with Crippen LogP contribution in [0.2, 0.25) is 0 Å².